The Hall–Kier alpha value is -0.650. The Morgan fingerprint density at radius 3 is 2.71 bits per heavy atom. The zero-order valence-electron chi connectivity index (χ0n) is 14.5. The van der Waals surface area contributed by atoms with Crippen LogP contribution in [0, 0.1) is 0 Å². The molecule has 0 spiro atoms. The predicted molar refractivity (Wildman–Crippen MR) is 88.3 cm³/mol. The molecule has 0 radical (unpaired) electrons. The number of hydrogen-bond acceptors (Lipinski definition) is 4. The van der Waals surface area contributed by atoms with Gasteiger partial charge in [0.1, 0.15) is 0 Å². The van der Waals surface area contributed by atoms with Crippen molar-refractivity contribution in [2.24, 2.45) is 5.73 Å². The first-order chi connectivity index (χ1) is 9.74. The van der Waals surface area contributed by atoms with E-state index in [9.17, 15) is 4.79 Å². The number of likely N-dealkylation sites (N-methyl/N-ethyl adjacent to an activating group) is 2. The second-order valence-corrected chi connectivity index (χ2v) is 7.14. The molecule has 0 bridgehead atoms. The average molecular weight is 298 g/mol. The number of nitrogens with zero attached hydrogens (tertiary/aromatic N) is 2. The lowest BCUT2D eigenvalue weighted by Gasteiger charge is -2.36. The third-order valence-corrected chi connectivity index (χ3v) is 4.56. The Bertz CT molecular complexity index is 334. The molecule has 1 heterocycles. The van der Waals surface area contributed by atoms with Crippen molar-refractivity contribution >= 4 is 5.91 Å². The van der Waals surface area contributed by atoms with Gasteiger partial charge in [0.25, 0.3) is 0 Å². The van der Waals surface area contributed by atoms with Gasteiger partial charge in [-0.2, -0.15) is 0 Å². The van der Waals surface area contributed by atoms with Gasteiger partial charge in [0, 0.05) is 18.6 Å². The highest BCUT2D eigenvalue weighted by Gasteiger charge is 2.31. The number of likely N-dealkylation sites (tertiary alicyclic amines) is 1. The zero-order valence-corrected chi connectivity index (χ0v) is 14.5. The van der Waals surface area contributed by atoms with Crippen LogP contribution < -0.4 is 11.1 Å². The summed E-state index contributed by atoms with van der Waals surface area (Å²) in [5.74, 6) is -0.253. The van der Waals surface area contributed by atoms with E-state index in [4.69, 9.17) is 5.73 Å². The molecular formula is C16H34N4O. The molecule has 1 rings (SSSR count). The van der Waals surface area contributed by atoms with Gasteiger partial charge in [0.2, 0.25) is 5.91 Å². The van der Waals surface area contributed by atoms with Crippen LogP contribution in [0.3, 0.4) is 0 Å². The monoisotopic (exact) mass is 298 g/mol. The van der Waals surface area contributed by atoms with E-state index in [1.54, 1.807) is 0 Å². The van der Waals surface area contributed by atoms with Gasteiger partial charge in [0.05, 0.1) is 5.54 Å². The number of rotatable bonds is 8. The lowest BCUT2D eigenvalue weighted by atomic mass is 9.93. The van der Waals surface area contributed by atoms with Gasteiger partial charge in [-0.3, -0.25) is 4.79 Å². The fraction of sp³-hybridized carbons (Fsp3) is 0.938. The first kappa shape index (κ1) is 18.4. The molecule has 0 aliphatic carbocycles. The van der Waals surface area contributed by atoms with Crippen LogP contribution in [0.15, 0.2) is 0 Å². The van der Waals surface area contributed by atoms with Crippen LogP contribution in [-0.2, 0) is 4.79 Å². The minimum absolute atomic E-state index is 0.253. The van der Waals surface area contributed by atoms with E-state index in [1.807, 2.05) is 20.8 Å². The summed E-state index contributed by atoms with van der Waals surface area (Å²) in [6, 6.07) is 0.897. The number of nitrogens with two attached hydrogens (primary N) is 1. The molecule has 1 amide bonds. The maximum absolute atomic E-state index is 11.7. The van der Waals surface area contributed by atoms with E-state index in [2.05, 4.69) is 29.2 Å². The largest absolute Gasteiger partial charge is 0.368 e. The quantitative estimate of drug-likeness (QED) is 0.703. The fourth-order valence-electron chi connectivity index (χ4n) is 3.27. The van der Waals surface area contributed by atoms with Crippen molar-refractivity contribution in [2.45, 2.75) is 64.1 Å². The smallest absolute Gasteiger partial charge is 0.237 e. The van der Waals surface area contributed by atoms with Crippen molar-refractivity contribution in [2.75, 3.05) is 33.7 Å². The second-order valence-electron chi connectivity index (χ2n) is 7.14. The lowest BCUT2D eigenvalue weighted by molar-refractivity contribution is -0.124. The summed E-state index contributed by atoms with van der Waals surface area (Å²) in [7, 11) is 4.39. The molecule has 0 aromatic heterocycles. The molecule has 1 saturated heterocycles. The highest BCUT2D eigenvalue weighted by molar-refractivity contribution is 5.84. The Labute approximate surface area is 130 Å². The SMILES string of the molecule is CC(C)NC(C)(CCCN(C)C1CCCN(C)C1)C(N)=O. The summed E-state index contributed by atoms with van der Waals surface area (Å²) in [5, 5.41) is 3.31. The molecule has 0 saturated carbocycles. The maximum atomic E-state index is 11.7. The minimum Gasteiger partial charge on any atom is -0.368 e. The predicted octanol–water partition coefficient (Wildman–Crippen LogP) is 1.03. The molecule has 5 heteroatoms. The molecule has 1 fully saturated rings. The van der Waals surface area contributed by atoms with E-state index >= 15 is 0 Å². The topological polar surface area (TPSA) is 61.6 Å². The summed E-state index contributed by atoms with van der Waals surface area (Å²) in [6.45, 7) is 9.39. The molecular weight excluding hydrogens is 264 g/mol. The van der Waals surface area contributed by atoms with E-state index in [0.717, 1.165) is 25.9 Å². The summed E-state index contributed by atoms with van der Waals surface area (Å²) in [5.41, 5.74) is 4.98. The Kier molecular flexibility index (Phi) is 7.10. The van der Waals surface area contributed by atoms with Crippen LogP contribution >= 0.6 is 0 Å². The number of piperidine rings is 1. The normalized spacial score (nSPS) is 23.5. The Morgan fingerprint density at radius 2 is 2.19 bits per heavy atom. The van der Waals surface area contributed by atoms with Crippen molar-refractivity contribution in [3.63, 3.8) is 0 Å². The number of primary amides is 1. The van der Waals surface area contributed by atoms with E-state index in [1.165, 1.54) is 19.4 Å². The molecule has 5 nitrogen and oxygen atoms in total. The molecule has 0 aromatic rings. The molecule has 21 heavy (non-hydrogen) atoms. The first-order valence-electron chi connectivity index (χ1n) is 8.21. The number of amides is 1. The van der Waals surface area contributed by atoms with Crippen LogP contribution in [0.4, 0.5) is 0 Å². The van der Waals surface area contributed by atoms with E-state index < -0.39 is 5.54 Å². The lowest BCUT2D eigenvalue weighted by Crippen LogP contribution is -2.55. The van der Waals surface area contributed by atoms with Crippen LogP contribution in [0.2, 0.25) is 0 Å². The van der Waals surface area contributed by atoms with Gasteiger partial charge in [-0.15, -0.1) is 0 Å². The summed E-state index contributed by atoms with van der Waals surface area (Å²) in [6.07, 6.45) is 4.32. The van der Waals surface area contributed by atoms with Crippen LogP contribution in [-0.4, -0.2) is 67.1 Å². The number of carbonyl (C=O) groups excluding carboxylic acids is 1. The van der Waals surface area contributed by atoms with Gasteiger partial charge < -0.3 is 20.9 Å². The van der Waals surface area contributed by atoms with Gasteiger partial charge in [0.15, 0.2) is 0 Å². The number of nitrogens with one attached hydrogen (secondary N) is 1. The molecule has 3 N–H and O–H groups in total. The molecule has 2 unspecified atom stereocenters. The average Bonchev–Trinajstić information content (AvgIpc) is 2.37. The highest BCUT2D eigenvalue weighted by Crippen LogP contribution is 2.17. The maximum Gasteiger partial charge on any atom is 0.237 e. The molecule has 0 aromatic carbocycles. The third kappa shape index (κ3) is 5.93. The fourth-order valence-corrected chi connectivity index (χ4v) is 3.27. The summed E-state index contributed by atoms with van der Waals surface area (Å²) < 4.78 is 0. The van der Waals surface area contributed by atoms with E-state index in [0.29, 0.717) is 6.04 Å². The molecule has 124 valence electrons. The van der Waals surface area contributed by atoms with Crippen LogP contribution in [0.25, 0.3) is 0 Å². The van der Waals surface area contributed by atoms with Crippen molar-refractivity contribution in [3.05, 3.63) is 0 Å². The van der Waals surface area contributed by atoms with Crippen LogP contribution in [0.1, 0.15) is 46.5 Å². The van der Waals surface area contributed by atoms with Gasteiger partial charge in [-0.05, 0) is 73.6 Å². The molecule has 1 aliphatic heterocycles. The van der Waals surface area contributed by atoms with Gasteiger partial charge >= 0.3 is 0 Å². The minimum atomic E-state index is -0.599. The van der Waals surface area contributed by atoms with Gasteiger partial charge in [-0.1, -0.05) is 0 Å². The third-order valence-electron chi connectivity index (χ3n) is 4.56. The highest BCUT2D eigenvalue weighted by atomic mass is 16.1. The number of hydrogen-bond donors (Lipinski definition) is 2. The summed E-state index contributed by atoms with van der Waals surface area (Å²) >= 11 is 0. The van der Waals surface area contributed by atoms with E-state index in [-0.39, 0.29) is 11.9 Å². The van der Waals surface area contributed by atoms with Crippen LogP contribution in [0.5, 0.6) is 0 Å². The van der Waals surface area contributed by atoms with Crippen molar-refractivity contribution in [1.82, 2.24) is 15.1 Å². The second kappa shape index (κ2) is 8.11. The van der Waals surface area contributed by atoms with Gasteiger partial charge in [-0.25, -0.2) is 0 Å². The Balaban J connectivity index is 2.41. The standard InChI is InChI=1S/C16H34N4O/c1-13(2)18-16(3,15(17)21)9-7-11-20(5)14-8-6-10-19(4)12-14/h13-14,18H,6-12H2,1-5H3,(H2,17,21). The summed E-state index contributed by atoms with van der Waals surface area (Å²) in [4.78, 5) is 16.6. The molecule has 1 aliphatic rings. The zero-order chi connectivity index (χ0) is 16.0. The van der Waals surface area contributed by atoms with Crippen molar-refractivity contribution in [3.8, 4) is 0 Å². The van der Waals surface area contributed by atoms with Crippen molar-refractivity contribution < 1.29 is 4.79 Å². The number of carbonyl (C=O) groups is 1. The van der Waals surface area contributed by atoms with Crippen molar-refractivity contribution in [1.29, 1.82) is 0 Å². The Morgan fingerprint density at radius 1 is 1.52 bits per heavy atom. The molecule has 2 atom stereocenters. The first-order valence-corrected chi connectivity index (χ1v) is 8.21.